The Hall–Kier alpha value is -2.55. The molecule has 1 aliphatic carbocycles. The molecule has 2 atom stereocenters. The quantitative estimate of drug-likeness (QED) is 0.371. The lowest BCUT2D eigenvalue weighted by Gasteiger charge is -2.45. The van der Waals surface area contributed by atoms with E-state index in [9.17, 15) is 22.7 Å². The van der Waals surface area contributed by atoms with Gasteiger partial charge in [0.25, 0.3) is 0 Å². The molecule has 8 heteroatoms. The molecule has 1 aromatic heterocycles. The van der Waals surface area contributed by atoms with Crippen LogP contribution in [0.2, 0.25) is 0 Å². The van der Waals surface area contributed by atoms with Crippen LogP contribution in [0.1, 0.15) is 54.8 Å². The maximum absolute atomic E-state index is 14.0. The minimum Gasteiger partial charge on any atom is -0.374 e. The van der Waals surface area contributed by atoms with Crippen LogP contribution in [0.15, 0.2) is 54.6 Å². The highest BCUT2D eigenvalue weighted by molar-refractivity contribution is 5.83. The molecule has 1 saturated carbocycles. The molecule has 0 amide bonds. The van der Waals surface area contributed by atoms with Gasteiger partial charge in [0.1, 0.15) is 17.7 Å². The minimum absolute atomic E-state index is 0.0264. The molecule has 2 N–H and O–H groups in total. The summed E-state index contributed by atoms with van der Waals surface area (Å²) in [6, 6.07) is 13.4. The fraction of sp³-hybridized carbons (Fsp3) is 0.400. The van der Waals surface area contributed by atoms with Crippen molar-refractivity contribution in [3.05, 3.63) is 77.2 Å². The number of aliphatic hydroxyl groups excluding tert-OH is 1. The number of pyridine rings is 1. The molecule has 3 aromatic rings. The summed E-state index contributed by atoms with van der Waals surface area (Å²) in [4.78, 5) is 5.78. The van der Waals surface area contributed by atoms with E-state index in [0.717, 1.165) is 49.4 Å². The molecule has 1 aliphatic rings. The normalized spacial score (nSPS) is 18.1. The van der Waals surface area contributed by atoms with E-state index in [2.05, 4.69) is 15.2 Å². The van der Waals surface area contributed by atoms with Crippen LogP contribution in [0.5, 0.6) is 0 Å². The van der Waals surface area contributed by atoms with Gasteiger partial charge in [0.2, 0.25) is 0 Å². The summed E-state index contributed by atoms with van der Waals surface area (Å²) < 4.78 is 54.6. The Morgan fingerprint density at radius 1 is 1.03 bits per heavy atom. The summed E-state index contributed by atoms with van der Waals surface area (Å²) in [5.41, 5.74) is -0.616. The van der Waals surface area contributed by atoms with E-state index in [-0.39, 0.29) is 28.0 Å². The van der Waals surface area contributed by atoms with Gasteiger partial charge in [-0.1, -0.05) is 43.2 Å². The number of alkyl halides is 3. The molecule has 0 saturated heterocycles. The second-order valence-electron chi connectivity index (χ2n) is 8.87. The smallest absolute Gasteiger partial charge is 0.374 e. The van der Waals surface area contributed by atoms with Crippen molar-refractivity contribution in [1.29, 1.82) is 0 Å². The predicted octanol–water partition coefficient (Wildman–Crippen LogP) is 5.59. The first-order chi connectivity index (χ1) is 15.6. The van der Waals surface area contributed by atoms with Gasteiger partial charge in [-0.05, 0) is 56.8 Å². The van der Waals surface area contributed by atoms with Gasteiger partial charge in [-0.3, -0.25) is 5.32 Å². The van der Waals surface area contributed by atoms with E-state index < -0.39 is 23.9 Å². The number of hydrogen-bond acceptors (Lipinski definition) is 4. The molecule has 0 aliphatic heterocycles. The average Bonchev–Trinajstić information content (AvgIpc) is 3.27. The maximum Gasteiger partial charge on any atom is 0.433 e. The molecule has 1 heterocycles. The van der Waals surface area contributed by atoms with Gasteiger partial charge in [-0.15, -0.1) is 0 Å². The van der Waals surface area contributed by atoms with E-state index in [1.165, 1.54) is 6.07 Å². The summed E-state index contributed by atoms with van der Waals surface area (Å²) in [6.07, 6.45) is -2.40. The lowest BCUT2D eigenvalue weighted by atomic mass is 9.82. The predicted molar refractivity (Wildman–Crippen MR) is 119 cm³/mol. The molecule has 0 spiro atoms. The Bertz CT molecular complexity index is 1110. The number of likely N-dealkylation sites (N-methyl/N-ethyl adjacent to an activating group) is 1. The average molecular weight is 462 g/mol. The second-order valence-corrected chi connectivity index (χ2v) is 8.87. The van der Waals surface area contributed by atoms with Crippen molar-refractivity contribution in [2.75, 3.05) is 14.1 Å². The molecule has 2 unspecified atom stereocenters. The Morgan fingerprint density at radius 2 is 1.70 bits per heavy atom. The van der Waals surface area contributed by atoms with E-state index in [0.29, 0.717) is 0 Å². The van der Waals surface area contributed by atoms with Gasteiger partial charge in [-0.2, -0.15) is 13.2 Å². The number of halogens is 4. The van der Waals surface area contributed by atoms with Crippen LogP contribution < -0.4 is 5.32 Å². The van der Waals surface area contributed by atoms with Crippen LogP contribution in [0.25, 0.3) is 10.9 Å². The van der Waals surface area contributed by atoms with Crippen molar-refractivity contribution in [2.24, 2.45) is 0 Å². The molecule has 33 heavy (non-hydrogen) atoms. The van der Waals surface area contributed by atoms with Crippen LogP contribution >= 0.6 is 0 Å². The molecule has 0 bridgehead atoms. The number of hydrogen-bond donors (Lipinski definition) is 2. The molecule has 1 fully saturated rings. The largest absolute Gasteiger partial charge is 0.433 e. The zero-order chi connectivity index (χ0) is 23.8. The van der Waals surface area contributed by atoms with Gasteiger partial charge in [0, 0.05) is 16.5 Å². The lowest BCUT2D eigenvalue weighted by Crippen LogP contribution is -2.52. The topological polar surface area (TPSA) is 48.4 Å². The van der Waals surface area contributed by atoms with Crippen LogP contribution in [0.4, 0.5) is 17.6 Å². The van der Waals surface area contributed by atoms with E-state index in [4.69, 9.17) is 0 Å². The molecular formula is C25H27F4N3O. The fourth-order valence-corrected chi connectivity index (χ4v) is 5.03. The van der Waals surface area contributed by atoms with Crippen molar-refractivity contribution in [3.63, 3.8) is 0 Å². The third-order valence-corrected chi connectivity index (χ3v) is 6.74. The highest BCUT2D eigenvalue weighted by Gasteiger charge is 2.45. The van der Waals surface area contributed by atoms with Crippen molar-refractivity contribution in [2.45, 2.75) is 49.7 Å². The Balaban J connectivity index is 1.82. The van der Waals surface area contributed by atoms with Gasteiger partial charge in [-0.25, -0.2) is 9.37 Å². The maximum atomic E-state index is 14.0. The summed E-state index contributed by atoms with van der Waals surface area (Å²) >= 11 is 0. The number of rotatable bonds is 6. The number of aliphatic hydroxyl groups is 1. The number of benzene rings is 2. The molecule has 2 aromatic carbocycles. The number of fused-ring (bicyclic) bond motifs is 1. The second kappa shape index (κ2) is 9.00. The van der Waals surface area contributed by atoms with Gasteiger partial charge >= 0.3 is 6.18 Å². The van der Waals surface area contributed by atoms with Crippen LogP contribution in [0.3, 0.4) is 0 Å². The zero-order valence-corrected chi connectivity index (χ0v) is 18.5. The van der Waals surface area contributed by atoms with Crippen molar-refractivity contribution in [3.8, 4) is 0 Å². The number of nitrogens with zero attached hydrogens (tertiary/aromatic N) is 2. The Labute approximate surface area is 190 Å². The van der Waals surface area contributed by atoms with Crippen LogP contribution in [-0.2, 0) is 6.18 Å². The highest BCUT2D eigenvalue weighted by Crippen LogP contribution is 2.44. The first kappa shape index (κ1) is 23.6. The zero-order valence-electron chi connectivity index (χ0n) is 18.5. The lowest BCUT2D eigenvalue weighted by molar-refractivity contribution is -0.141. The molecular weight excluding hydrogens is 434 g/mol. The molecule has 0 radical (unpaired) electrons. The van der Waals surface area contributed by atoms with Gasteiger partial charge in [0.15, 0.2) is 0 Å². The highest BCUT2D eigenvalue weighted by atomic mass is 19.4. The summed E-state index contributed by atoms with van der Waals surface area (Å²) in [5.74, 6) is -0.613. The Morgan fingerprint density at radius 3 is 2.30 bits per heavy atom. The minimum atomic E-state index is -4.70. The van der Waals surface area contributed by atoms with E-state index in [1.807, 2.05) is 44.4 Å². The van der Waals surface area contributed by atoms with E-state index in [1.54, 1.807) is 0 Å². The first-order valence-corrected chi connectivity index (χ1v) is 11.0. The third-order valence-electron chi connectivity index (χ3n) is 6.74. The van der Waals surface area contributed by atoms with Crippen molar-refractivity contribution >= 4 is 10.9 Å². The van der Waals surface area contributed by atoms with Gasteiger partial charge in [0.05, 0.1) is 11.6 Å². The molecule has 176 valence electrons. The van der Waals surface area contributed by atoms with Crippen molar-refractivity contribution < 1.29 is 22.7 Å². The monoisotopic (exact) mass is 461 g/mol. The van der Waals surface area contributed by atoms with Crippen molar-refractivity contribution in [1.82, 2.24) is 15.2 Å². The van der Waals surface area contributed by atoms with E-state index >= 15 is 0 Å². The molecule has 4 rings (SSSR count). The summed E-state index contributed by atoms with van der Waals surface area (Å²) in [7, 11) is 3.96. The van der Waals surface area contributed by atoms with Gasteiger partial charge < -0.3 is 10.0 Å². The van der Waals surface area contributed by atoms with Crippen LogP contribution in [-0.4, -0.2) is 34.6 Å². The number of aromatic nitrogens is 1. The standard InChI is InChI=1S/C25H27F4N3O/c1-32(2)24(12-6-7-13-24)22(16-8-4-3-5-9-16)31-23(33)19-15-21(25(27,28)29)30-20-11-10-17(26)14-18(19)20/h3-5,8-11,14-15,22-23,31,33H,6-7,12-13H2,1-2H3. The first-order valence-electron chi connectivity index (χ1n) is 11.0. The SMILES string of the molecule is CN(C)C1(C(NC(O)c2cc(C(F)(F)F)nc3ccc(F)cc23)c2ccccc2)CCCC1. The summed E-state index contributed by atoms with van der Waals surface area (Å²) in [5, 5.41) is 14.6. The fourth-order valence-electron chi connectivity index (χ4n) is 5.03. The summed E-state index contributed by atoms with van der Waals surface area (Å²) in [6.45, 7) is 0. The van der Waals surface area contributed by atoms with Crippen LogP contribution in [0, 0.1) is 5.82 Å². The number of nitrogens with one attached hydrogen (secondary N) is 1. The Kier molecular flexibility index (Phi) is 6.44. The third kappa shape index (κ3) is 4.60. The molecule has 4 nitrogen and oxygen atoms in total.